The van der Waals surface area contributed by atoms with Crippen LogP contribution in [0.2, 0.25) is 0 Å². The summed E-state index contributed by atoms with van der Waals surface area (Å²) in [5.74, 6) is 1.67. The number of rotatable bonds is 3. The molecule has 0 unspecified atom stereocenters. The number of fused-ring (bicyclic) bond motifs is 1. The number of halogens is 1. The number of Topliss-reactive ketones (excluding diaryl/α,β-unsaturated/α-hetero) is 1. The smallest absolute Gasteiger partial charge is 0.166 e. The Morgan fingerprint density at radius 1 is 1.26 bits per heavy atom. The fourth-order valence-corrected chi connectivity index (χ4v) is 3.75. The molecule has 1 fully saturated rings. The predicted molar refractivity (Wildman–Crippen MR) is 78.9 cm³/mol. The molecule has 0 spiro atoms. The second-order valence-electron chi connectivity index (χ2n) is 5.67. The van der Waals surface area contributed by atoms with Gasteiger partial charge in [0, 0.05) is 17.3 Å². The molecule has 102 valence electrons. The van der Waals surface area contributed by atoms with E-state index in [2.05, 4.69) is 22.0 Å². The van der Waals surface area contributed by atoms with Crippen LogP contribution in [-0.4, -0.2) is 12.4 Å². The molecule has 1 saturated carbocycles. The molecule has 1 aromatic carbocycles. The summed E-state index contributed by atoms with van der Waals surface area (Å²) in [5.41, 5.74) is 1.95. The van der Waals surface area contributed by atoms with Crippen molar-refractivity contribution in [3.63, 3.8) is 0 Å². The maximum atomic E-state index is 12.5. The van der Waals surface area contributed by atoms with Gasteiger partial charge in [-0.25, -0.2) is 0 Å². The summed E-state index contributed by atoms with van der Waals surface area (Å²) < 4.78 is 6.64. The molecule has 1 aromatic rings. The third-order valence-corrected chi connectivity index (χ3v) is 4.71. The molecule has 19 heavy (non-hydrogen) atoms. The van der Waals surface area contributed by atoms with Gasteiger partial charge in [-0.15, -0.1) is 0 Å². The van der Waals surface area contributed by atoms with Crippen LogP contribution in [0.5, 0.6) is 5.75 Å². The van der Waals surface area contributed by atoms with Crippen LogP contribution in [0.3, 0.4) is 0 Å². The first kappa shape index (κ1) is 13.2. The standard InChI is InChI=1S/C16H19BrO2/c17-13-9-12-6-7-19-16(12)14(10-13)15(18)8-11-4-2-1-3-5-11/h9-11H,1-8H2. The largest absolute Gasteiger partial charge is 0.492 e. The van der Waals surface area contributed by atoms with Crippen molar-refractivity contribution >= 4 is 21.7 Å². The third kappa shape index (κ3) is 2.86. The van der Waals surface area contributed by atoms with Gasteiger partial charge in [0.2, 0.25) is 0 Å². The minimum Gasteiger partial charge on any atom is -0.492 e. The number of benzene rings is 1. The molecular formula is C16H19BrO2. The average molecular weight is 323 g/mol. The van der Waals surface area contributed by atoms with Crippen LogP contribution in [0.25, 0.3) is 0 Å². The molecule has 2 aliphatic rings. The lowest BCUT2D eigenvalue weighted by atomic mass is 9.84. The fourth-order valence-electron chi connectivity index (χ4n) is 3.24. The van der Waals surface area contributed by atoms with Crippen LogP contribution in [0.1, 0.15) is 54.4 Å². The highest BCUT2D eigenvalue weighted by Crippen LogP contribution is 2.35. The zero-order valence-electron chi connectivity index (χ0n) is 11.1. The van der Waals surface area contributed by atoms with Gasteiger partial charge >= 0.3 is 0 Å². The number of ketones is 1. The lowest BCUT2D eigenvalue weighted by Crippen LogP contribution is -2.13. The maximum absolute atomic E-state index is 12.5. The first-order valence-electron chi connectivity index (χ1n) is 7.22. The van der Waals surface area contributed by atoms with Gasteiger partial charge in [0.1, 0.15) is 5.75 Å². The first-order valence-corrected chi connectivity index (χ1v) is 8.02. The van der Waals surface area contributed by atoms with Crippen LogP contribution < -0.4 is 4.74 Å². The number of hydrogen-bond donors (Lipinski definition) is 0. The quantitative estimate of drug-likeness (QED) is 0.764. The molecule has 3 rings (SSSR count). The number of carbonyl (C=O) groups excluding carboxylic acids is 1. The zero-order valence-corrected chi connectivity index (χ0v) is 12.7. The lowest BCUT2D eigenvalue weighted by molar-refractivity contribution is 0.0947. The molecule has 1 heterocycles. The summed E-state index contributed by atoms with van der Waals surface area (Å²) in [6.07, 6.45) is 7.92. The monoisotopic (exact) mass is 322 g/mol. The van der Waals surface area contributed by atoms with E-state index in [-0.39, 0.29) is 5.78 Å². The van der Waals surface area contributed by atoms with Crippen molar-refractivity contribution < 1.29 is 9.53 Å². The van der Waals surface area contributed by atoms with Crippen LogP contribution in [0.4, 0.5) is 0 Å². The van der Waals surface area contributed by atoms with Crippen molar-refractivity contribution in [3.05, 3.63) is 27.7 Å². The van der Waals surface area contributed by atoms with Gasteiger partial charge in [-0.1, -0.05) is 48.0 Å². The van der Waals surface area contributed by atoms with Crippen molar-refractivity contribution in [1.29, 1.82) is 0 Å². The van der Waals surface area contributed by atoms with Crippen molar-refractivity contribution in [3.8, 4) is 5.75 Å². The van der Waals surface area contributed by atoms with E-state index in [4.69, 9.17) is 4.74 Å². The zero-order chi connectivity index (χ0) is 13.2. The SMILES string of the molecule is O=C(CC1CCCCC1)c1cc(Br)cc2c1OCC2. The van der Waals surface area contributed by atoms with E-state index in [9.17, 15) is 4.79 Å². The summed E-state index contributed by atoms with van der Waals surface area (Å²) in [6.45, 7) is 0.704. The molecule has 3 heteroatoms. The van der Waals surface area contributed by atoms with Gasteiger partial charge in [0.05, 0.1) is 12.2 Å². The second kappa shape index (κ2) is 5.66. The second-order valence-corrected chi connectivity index (χ2v) is 6.59. The minimum atomic E-state index is 0.256. The van der Waals surface area contributed by atoms with Crippen LogP contribution in [-0.2, 0) is 6.42 Å². The van der Waals surface area contributed by atoms with Crippen molar-refractivity contribution in [2.75, 3.05) is 6.61 Å². The van der Waals surface area contributed by atoms with Crippen molar-refractivity contribution in [2.24, 2.45) is 5.92 Å². The van der Waals surface area contributed by atoms with Gasteiger partial charge in [0.15, 0.2) is 5.78 Å². The van der Waals surface area contributed by atoms with E-state index < -0.39 is 0 Å². The Hall–Kier alpha value is -0.830. The van der Waals surface area contributed by atoms with Gasteiger partial charge < -0.3 is 4.74 Å². The van der Waals surface area contributed by atoms with Gasteiger partial charge in [0.25, 0.3) is 0 Å². The van der Waals surface area contributed by atoms with Crippen molar-refractivity contribution in [1.82, 2.24) is 0 Å². The highest BCUT2D eigenvalue weighted by molar-refractivity contribution is 9.10. The summed E-state index contributed by atoms with van der Waals surface area (Å²) in [6, 6.07) is 4.00. The summed E-state index contributed by atoms with van der Waals surface area (Å²) in [4.78, 5) is 12.5. The van der Waals surface area contributed by atoms with Gasteiger partial charge in [-0.3, -0.25) is 4.79 Å². The Bertz CT molecular complexity index is 490. The summed E-state index contributed by atoms with van der Waals surface area (Å²) in [7, 11) is 0. The predicted octanol–water partition coefficient (Wildman–Crippen LogP) is 4.54. The molecule has 0 atom stereocenters. The number of hydrogen-bond acceptors (Lipinski definition) is 2. The van der Waals surface area contributed by atoms with Crippen molar-refractivity contribution in [2.45, 2.75) is 44.9 Å². The van der Waals surface area contributed by atoms with E-state index in [1.165, 1.54) is 37.7 Å². The number of carbonyl (C=O) groups is 1. The van der Waals surface area contributed by atoms with Gasteiger partial charge in [-0.2, -0.15) is 0 Å². The van der Waals surface area contributed by atoms with Crippen LogP contribution in [0.15, 0.2) is 16.6 Å². The Morgan fingerprint density at radius 3 is 2.84 bits per heavy atom. The van der Waals surface area contributed by atoms with E-state index in [1.807, 2.05) is 6.07 Å². The lowest BCUT2D eigenvalue weighted by Gasteiger charge is -2.21. The maximum Gasteiger partial charge on any atom is 0.166 e. The molecule has 1 aliphatic heterocycles. The highest BCUT2D eigenvalue weighted by Gasteiger charge is 2.24. The Labute approximate surface area is 122 Å². The molecule has 1 aliphatic carbocycles. The minimum absolute atomic E-state index is 0.256. The van der Waals surface area contributed by atoms with Gasteiger partial charge in [-0.05, 0) is 23.6 Å². The molecular weight excluding hydrogens is 304 g/mol. The topological polar surface area (TPSA) is 26.3 Å². The molecule has 0 N–H and O–H groups in total. The van der Waals surface area contributed by atoms with E-state index in [0.717, 1.165) is 22.2 Å². The normalized spacial score (nSPS) is 19.0. The Morgan fingerprint density at radius 2 is 2.05 bits per heavy atom. The third-order valence-electron chi connectivity index (χ3n) is 4.25. The first-order chi connectivity index (χ1) is 9.24. The molecule has 2 nitrogen and oxygen atoms in total. The Balaban J connectivity index is 1.79. The summed E-state index contributed by atoms with van der Waals surface area (Å²) in [5, 5.41) is 0. The van der Waals surface area contributed by atoms with E-state index in [0.29, 0.717) is 18.9 Å². The number of ether oxygens (including phenoxy) is 1. The average Bonchev–Trinajstić information content (AvgIpc) is 2.86. The molecule has 0 saturated heterocycles. The molecule has 0 amide bonds. The van der Waals surface area contributed by atoms with E-state index in [1.54, 1.807) is 0 Å². The summed E-state index contributed by atoms with van der Waals surface area (Å²) >= 11 is 3.50. The Kier molecular flexibility index (Phi) is 3.92. The highest BCUT2D eigenvalue weighted by atomic mass is 79.9. The fraction of sp³-hybridized carbons (Fsp3) is 0.562. The van der Waals surface area contributed by atoms with E-state index >= 15 is 0 Å². The molecule has 0 radical (unpaired) electrons. The molecule has 0 aromatic heterocycles. The van der Waals surface area contributed by atoms with Crippen LogP contribution in [0, 0.1) is 5.92 Å². The molecule has 0 bridgehead atoms. The van der Waals surface area contributed by atoms with Crippen LogP contribution >= 0.6 is 15.9 Å².